The highest BCUT2D eigenvalue weighted by atomic mass is 79.9. The van der Waals surface area contributed by atoms with Gasteiger partial charge in [0.05, 0.1) is 12.0 Å². The summed E-state index contributed by atoms with van der Waals surface area (Å²) in [4.78, 5) is 1.88. The van der Waals surface area contributed by atoms with E-state index in [9.17, 15) is 13.2 Å². The molecule has 1 aromatic carbocycles. The highest BCUT2D eigenvalue weighted by molar-refractivity contribution is 9.10. The van der Waals surface area contributed by atoms with Gasteiger partial charge < -0.3 is 5.73 Å². The fourth-order valence-corrected chi connectivity index (χ4v) is 3.57. The van der Waals surface area contributed by atoms with E-state index < -0.39 is 12.1 Å². The second-order valence-electron chi connectivity index (χ2n) is 5.70. The summed E-state index contributed by atoms with van der Waals surface area (Å²) in [6, 6.07) is 7.16. The largest absolute Gasteiger partial charge is 0.393 e. The van der Waals surface area contributed by atoms with Gasteiger partial charge in [-0.05, 0) is 37.9 Å². The molecule has 0 aromatic heterocycles. The van der Waals surface area contributed by atoms with Crippen molar-refractivity contribution in [3.05, 3.63) is 34.3 Å². The zero-order valence-electron chi connectivity index (χ0n) is 11.9. The molecule has 2 N–H and O–H groups in total. The molecule has 0 aliphatic carbocycles. The van der Waals surface area contributed by atoms with Crippen molar-refractivity contribution >= 4 is 15.9 Å². The SMILES string of the molecule is CC(N)C(c1ccccc1Br)N1CCCC(C(F)(F)F)C1. The number of rotatable bonds is 3. The van der Waals surface area contributed by atoms with Crippen molar-refractivity contribution in [1.29, 1.82) is 0 Å². The third kappa shape index (κ3) is 3.99. The van der Waals surface area contributed by atoms with Crippen molar-refractivity contribution in [1.82, 2.24) is 4.90 Å². The first-order valence-electron chi connectivity index (χ1n) is 7.11. The van der Waals surface area contributed by atoms with Gasteiger partial charge in [0, 0.05) is 17.1 Å². The number of benzene rings is 1. The van der Waals surface area contributed by atoms with Gasteiger partial charge in [0.1, 0.15) is 0 Å². The van der Waals surface area contributed by atoms with Gasteiger partial charge in [0.25, 0.3) is 0 Å². The zero-order valence-corrected chi connectivity index (χ0v) is 13.5. The molecule has 1 saturated heterocycles. The Bertz CT molecular complexity index is 476. The molecule has 1 aromatic rings. The molecular formula is C15H20BrF3N2. The number of piperidine rings is 1. The van der Waals surface area contributed by atoms with Crippen molar-refractivity contribution in [3.63, 3.8) is 0 Å². The molecule has 21 heavy (non-hydrogen) atoms. The van der Waals surface area contributed by atoms with Crippen molar-refractivity contribution in [2.75, 3.05) is 13.1 Å². The van der Waals surface area contributed by atoms with E-state index >= 15 is 0 Å². The fourth-order valence-electron chi connectivity index (χ4n) is 3.05. The van der Waals surface area contributed by atoms with Gasteiger partial charge in [-0.1, -0.05) is 34.1 Å². The lowest BCUT2D eigenvalue weighted by Gasteiger charge is -2.41. The Balaban J connectivity index is 2.25. The third-order valence-corrected chi connectivity index (χ3v) is 4.75. The highest BCUT2D eigenvalue weighted by Crippen LogP contribution is 2.38. The molecule has 1 aliphatic heterocycles. The van der Waals surface area contributed by atoms with E-state index in [4.69, 9.17) is 5.73 Å². The van der Waals surface area contributed by atoms with E-state index in [2.05, 4.69) is 15.9 Å². The Hall–Kier alpha value is -0.590. The average molecular weight is 365 g/mol. The molecule has 0 saturated carbocycles. The molecule has 0 spiro atoms. The third-order valence-electron chi connectivity index (χ3n) is 4.03. The Morgan fingerprint density at radius 3 is 2.57 bits per heavy atom. The molecule has 6 heteroatoms. The van der Waals surface area contributed by atoms with Crippen molar-refractivity contribution in [3.8, 4) is 0 Å². The van der Waals surface area contributed by atoms with Crippen LogP contribution in [-0.4, -0.2) is 30.2 Å². The summed E-state index contributed by atoms with van der Waals surface area (Å²) < 4.78 is 39.9. The molecule has 1 fully saturated rings. The fraction of sp³-hybridized carbons (Fsp3) is 0.600. The van der Waals surface area contributed by atoms with Crippen LogP contribution in [0.1, 0.15) is 31.4 Å². The highest BCUT2D eigenvalue weighted by Gasteiger charge is 2.43. The molecule has 2 nitrogen and oxygen atoms in total. The molecule has 0 amide bonds. The van der Waals surface area contributed by atoms with Gasteiger partial charge in [0.15, 0.2) is 0 Å². The number of hydrogen-bond donors (Lipinski definition) is 1. The van der Waals surface area contributed by atoms with Crippen LogP contribution in [0.2, 0.25) is 0 Å². The maximum atomic E-state index is 13.0. The first kappa shape index (κ1) is 16.8. The summed E-state index contributed by atoms with van der Waals surface area (Å²) in [5.74, 6) is -1.25. The van der Waals surface area contributed by atoms with E-state index in [-0.39, 0.29) is 25.0 Å². The van der Waals surface area contributed by atoms with Crippen LogP contribution in [0.25, 0.3) is 0 Å². The monoisotopic (exact) mass is 364 g/mol. The Labute approximate surface area is 131 Å². The number of hydrogen-bond acceptors (Lipinski definition) is 2. The second kappa shape index (κ2) is 6.67. The lowest BCUT2D eigenvalue weighted by molar-refractivity contribution is -0.189. The van der Waals surface area contributed by atoms with E-state index in [0.717, 1.165) is 10.0 Å². The van der Waals surface area contributed by atoms with Gasteiger partial charge in [-0.15, -0.1) is 0 Å². The van der Waals surface area contributed by atoms with E-state index in [1.807, 2.05) is 36.1 Å². The number of likely N-dealkylation sites (tertiary alicyclic amines) is 1. The zero-order chi connectivity index (χ0) is 15.6. The Morgan fingerprint density at radius 1 is 1.33 bits per heavy atom. The summed E-state index contributed by atoms with van der Waals surface area (Å²) in [5, 5.41) is 0. The van der Waals surface area contributed by atoms with Gasteiger partial charge in [-0.2, -0.15) is 13.2 Å². The van der Waals surface area contributed by atoms with Gasteiger partial charge in [-0.3, -0.25) is 4.90 Å². The Morgan fingerprint density at radius 2 is 2.00 bits per heavy atom. The number of halogens is 4. The minimum atomic E-state index is -4.13. The summed E-state index contributed by atoms with van der Waals surface area (Å²) in [7, 11) is 0. The lowest BCUT2D eigenvalue weighted by Crippen LogP contribution is -2.47. The summed E-state index contributed by atoms with van der Waals surface area (Å²) >= 11 is 3.48. The van der Waals surface area contributed by atoms with Gasteiger partial charge in [-0.25, -0.2) is 0 Å². The van der Waals surface area contributed by atoms with Crippen LogP contribution in [-0.2, 0) is 0 Å². The van der Waals surface area contributed by atoms with Crippen LogP contribution in [0.15, 0.2) is 28.7 Å². The molecule has 0 bridgehead atoms. The molecule has 2 rings (SSSR count). The summed E-state index contributed by atoms with van der Waals surface area (Å²) in [5.41, 5.74) is 7.03. The summed E-state index contributed by atoms with van der Waals surface area (Å²) in [6.07, 6.45) is -3.37. The molecule has 118 valence electrons. The van der Waals surface area contributed by atoms with E-state index in [1.54, 1.807) is 0 Å². The van der Waals surface area contributed by atoms with Crippen LogP contribution >= 0.6 is 15.9 Å². The van der Waals surface area contributed by atoms with Crippen molar-refractivity contribution in [2.45, 2.75) is 38.0 Å². The van der Waals surface area contributed by atoms with Crippen LogP contribution in [0.5, 0.6) is 0 Å². The first-order chi connectivity index (χ1) is 9.80. The van der Waals surface area contributed by atoms with Gasteiger partial charge in [0.2, 0.25) is 0 Å². The maximum absolute atomic E-state index is 13.0. The normalized spacial score (nSPS) is 23.8. The van der Waals surface area contributed by atoms with Crippen molar-refractivity contribution < 1.29 is 13.2 Å². The Kier molecular flexibility index (Phi) is 5.33. The maximum Gasteiger partial charge on any atom is 0.393 e. The molecule has 3 unspecified atom stereocenters. The van der Waals surface area contributed by atoms with Crippen LogP contribution in [0.4, 0.5) is 13.2 Å². The van der Waals surface area contributed by atoms with Crippen LogP contribution in [0.3, 0.4) is 0 Å². The molecule has 1 heterocycles. The smallest absolute Gasteiger partial charge is 0.326 e. The van der Waals surface area contributed by atoms with E-state index in [0.29, 0.717) is 13.0 Å². The lowest BCUT2D eigenvalue weighted by atomic mass is 9.92. The van der Waals surface area contributed by atoms with Crippen LogP contribution < -0.4 is 5.73 Å². The number of nitrogens with zero attached hydrogens (tertiary/aromatic N) is 1. The summed E-state index contributed by atoms with van der Waals surface area (Å²) in [6.45, 7) is 2.53. The quantitative estimate of drug-likeness (QED) is 0.874. The predicted molar refractivity (Wildman–Crippen MR) is 80.9 cm³/mol. The molecule has 3 atom stereocenters. The van der Waals surface area contributed by atoms with E-state index in [1.165, 1.54) is 0 Å². The predicted octanol–water partition coefficient (Wildman–Crippen LogP) is 4.11. The van der Waals surface area contributed by atoms with Gasteiger partial charge >= 0.3 is 6.18 Å². The number of alkyl halides is 3. The number of nitrogens with two attached hydrogens (primary N) is 1. The minimum Gasteiger partial charge on any atom is -0.326 e. The molecule has 0 radical (unpaired) electrons. The molecular weight excluding hydrogens is 345 g/mol. The minimum absolute atomic E-state index is 0.0248. The topological polar surface area (TPSA) is 29.3 Å². The first-order valence-corrected chi connectivity index (χ1v) is 7.90. The second-order valence-corrected chi connectivity index (χ2v) is 6.56. The standard InChI is InChI=1S/C15H20BrF3N2/c1-10(20)14(12-6-2-3-7-13(12)16)21-8-4-5-11(9-21)15(17,18)19/h2-3,6-7,10-11,14H,4-5,8-9,20H2,1H3. The van der Waals surface area contributed by atoms with Crippen molar-refractivity contribution in [2.24, 2.45) is 11.7 Å². The molecule has 1 aliphatic rings. The average Bonchev–Trinajstić information content (AvgIpc) is 2.40. The van der Waals surface area contributed by atoms with Crippen LogP contribution in [0, 0.1) is 5.92 Å².